The van der Waals surface area contributed by atoms with Gasteiger partial charge >= 0.3 is 0 Å². The van der Waals surface area contributed by atoms with Crippen molar-refractivity contribution in [3.8, 4) is 0 Å². The molecule has 0 bridgehead atoms. The minimum atomic E-state index is 0.234. The second-order valence-corrected chi connectivity index (χ2v) is 4.54. The fourth-order valence-corrected chi connectivity index (χ4v) is 1.75. The van der Waals surface area contributed by atoms with Gasteiger partial charge in [0.2, 0.25) is 0 Å². The maximum Gasteiger partial charge on any atom is 0.163 e. The van der Waals surface area contributed by atoms with E-state index in [0.29, 0.717) is 12.3 Å². The van der Waals surface area contributed by atoms with E-state index in [0.717, 1.165) is 12.0 Å². The van der Waals surface area contributed by atoms with E-state index >= 15 is 0 Å². The van der Waals surface area contributed by atoms with Gasteiger partial charge in [0, 0.05) is 12.0 Å². The SMILES string of the molecule is CCCC/C=C\C(C)CC(=O)c1ccccc1. The van der Waals surface area contributed by atoms with E-state index in [1.165, 1.54) is 12.8 Å². The Morgan fingerprint density at radius 1 is 1.29 bits per heavy atom. The monoisotopic (exact) mass is 230 g/mol. The van der Waals surface area contributed by atoms with Crippen molar-refractivity contribution in [1.29, 1.82) is 0 Å². The van der Waals surface area contributed by atoms with E-state index in [2.05, 4.69) is 26.0 Å². The zero-order valence-corrected chi connectivity index (χ0v) is 10.9. The first-order valence-corrected chi connectivity index (χ1v) is 6.49. The van der Waals surface area contributed by atoms with Crippen LogP contribution >= 0.6 is 0 Å². The van der Waals surface area contributed by atoms with Crippen molar-refractivity contribution in [3.63, 3.8) is 0 Å². The van der Waals surface area contributed by atoms with Crippen LogP contribution < -0.4 is 0 Å². The summed E-state index contributed by atoms with van der Waals surface area (Å²) in [5.41, 5.74) is 0.821. The topological polar surface area (TPSA) is 17.1 Å². The molecule has 0 spiro atoms. The van der Waals surface area contributed by atoms with Crippen molar-refractivity contribution < 1.29 is 4.79 Å². The summed E-state index contributed by atoms with van der Waals surface area (Å²) in [6.07, 6.45) is 8.55. The summed E-state index contributed by atoms with van der Waals surface area (Å²) >= 11 is 0. The highest BCUT2D eigenvalue weighted by Gasteiger charge is 2.08. The smallest absolute Gasteiger partial charge is 0.163 e. The van der Waals surface area contributed by atoms with Crippen molar-refractivity contribution in [3.05, 3.63) is 48.0 Å². The lowest BCUT2D eigenvalue weighted by Crippen LogP contribution is -2.03. The minimum absolute atomic E-state index is 0.234. The molecule has 0 fully saturated rings. The molecule has 0 aliphatic carbocycles. The van der Waals surface area contributed by atoms with Crippen LogP contribution in [0.2, 0.25) is 0 Å². The van der Waals surface area contributed by atoms with Gasteiger partial charge in [0.25, 0.3) is 0 Å². The Morgan fingerprint density at radius 2 is 2.00 bits per heavy atom. The van der Waals surface area contributed by atoms with Crippen LogP contribution in [0.25, 0.3) is 0 Å². The molecular weight excluding hydrogens is 208 g/mol. The summed E-state index contributed by atoms with van der Waals surface area (Å²) in [4.78, 5) is 11.9. The third-order valence-corrected chi connectivity index (χ3v) is 2.79. The zero-order chi connectivity index (χ0) is 12.5. The van der Waals surface area contributed by atoms with Crippen molar-refractivity contribution in [2.45, 2.75) is 39.5 Å². The highest BCUT2D eigenvalue weighted by Crippen LogP contribution is 2.11. The molecule has 1 atom stereocenters. The summed E-state index contributed by atoms with van der Waals surface area (Å²) in [6.45, 7) is 4.29. The lowest BCUT2D eigenvalue weighted by molar-refractivity contribution is 0.0972. The summed E-state index contributed by atoms with van der Waals surface area (Å²) < 4.78 is 0. The molecule has 0 aromatic heterocycles. The number of carbonyl (C=O) groups excluding carboxylic acids is 1. The van der Waals surface area contributed by atoms with Crippen LogP contribution in [0.15, 0.2) is 42.5 Å². The number of carbonyl (C=O) groups is 1. The molecule has 0 amide bonds. The second kappa shape index (κ2) is 7.83. The number of benzene rings is 1. The van der Waals surface area contributed by atoms with Crippen LogP contribution in [0.1, 0.15) is 49.9 Å². The van der Waals surface area contributed by atoms with Crippen molar-refractivity contribution in [2.24, 2.45) is 5.92 Å². The molecule has 0 radical (unpaired) electrons. The van der Waals surface area contributed by atoms with Gasteiger partial charge in [-0.2, -0.15) is 0 Å². The highest BCUT2D eigenvalue weighted by molar-refractivity contribution is 5.96. The molecule has 17 heavy (non-hydrogen) atoms. The van der Waals surface area contributed by atoms with Gasteiger partial charge in [-0.3, -0.25) is 4.79 Å². The Kier molecular flexibility index (Phi) is 6.31. The molecule has 1 nitrogen and oxygen atoms in total. The Labute approximate surface area is 105 Å². The highest BCUT2D eigenvalue weighted by atomic mass is 16.1. The predicted octanol–water partition coefficient (Wildman–Crippen LogP) is 4.64. The number of allylic oxidation sites excluding steroid dienone is 2. The fourth-order valence-electron chi connectivity index (χ4n) is 1.75. The van der Waals surface area contributed by atoms with E-state index in [1.54, 1.807) is 0 Å². The van der Waals surface area contributed by atoms with Crippen molar-refractivity contribution >= 4 is 5.78 Å². The molecule has 0 saturated heterocycles. The van der Waals surface area contributed by atoms with Gasteiger partial charge in [-0.25, -0.2) is 0 Å². The van der Waals surface area contributed by atoms with Crippen LogP contribution in [0.3, 0.4) is 0 Å². The van der Waals surface area contributed by atoms with Crippen LogP contribution in [0, 0.1) is 5.92 Å². The first-order chi connectivity index (χ1) is 8.24. The molecular formula is C16H22O. The summed E-state index contributed by atoms with van der Waals surface area (Å²) in [6, 6.07) is 9.53. The molecule has 1 aromatic carbocycles. The lowest BCUT2D eigenvalue weighted by atomic mass is 9.99. The predicted molar refractivity (Wildman–Crippen MR) is 73.2 cm³/mol. The summed E-state index contributed by atoms with van der Waals surface area (Å²) in [5, 5.41) is 0. The van der Waals surface area contributed by atoms with Crippen LogP contribution in [0.5, 0.6) is 0 Å². The number of hydrogen-bond acceptors (Lipinski definition) is 1. The number of hydrogen-bond donors (Lipinski definition) is 0. The Hall–Kier alpha value is -1.37. The van der Waals surface area contributed by atoms with Crippen molar-refractivity contribution in [2.75, 3.05) is 0 Å². The molecule has 1 unspecified atom stereocenters. The minimum Gasteiger partial charge on any atom is -0.294 e. The quantitative estimate of drug-likeness (QED) is 0.379. The van der Waals surface area contributed by atoms with Gasteiger partial charge in [0.1, 0.15) is 0 Å². The standard InChI is InChI=1S/C16H22O/c1-3-4-5-7-10-14(2)13-16(17)15-11-8-6-9-12-15/h6-12,14H,3-5,13H2,1-2H3/b10-7-. The largest absolute Gasteiger partial charge is 0.294 e. The molecule has 1 rings (SSSR count). The van der Waals surface area contributed by atoms with Gasteiger partial charge in [-0.15, -0.1) is 0 Å². The van der Waals surface area contributed by atoms with Crippen LogP contribution in [0.4, 0.5) is 0 Å². The fraction of sp³-hybridized carbons (Fsp3) is 0.438. The molecule has 0 saturated carbocycles. The van der Waals surface area contributed by atoms with E-state index in [1.807, 2.05) is 30.3 Å². The van der Waals surface area contributed by atoms with Gasteiger partial charge in [0.05, 0.1) is 0 Å². The third kappa shape index (κ3) is 5.48. The zero-order valence-electron chi connectivity index (χ0n) is 10.9. The molecule has 0 aliphatic heterocycles. The average Bonchev–Trinajstić information content (AvgIpc) is 2.36. The van der Waals surface area contributed by atoms with Crippen LogP contribution in [-0.4, -0.2) is 5.78 Å². The van der Waals surface area contributed by atoms with Crippen LogP contribution in [-0.2, 0) is 0 Å². The first-order valence-electron chi connectivity index (χ1n) is 6.49. The first kappa shape index (κ1) is 13.7. The maximum absolute atomic E-state index is 11.9. The van der Waals surface area contributed by atoms with Gasteiger partial charge in [-0.1, -0.05) is 69.2 Å². The summed E-state index contributed by atoms with van der Waals surface area (Å²) in [7, 11) is 0. The third-order valence-electron chi connectivity index (χ3n) is 2.79. The van der Waals surface area contributed by atoms with E-state index in [9.17, 15) is 4.79 Å². The Balaban J connectivity index is 2.38. The van der Waals surface area contributed by atoms with E-state index in [4.69, 9.17) is 0 Å². The average molecular weight is 230 g/mol. The molecule has 1 heteroatoms. The molecule has 0 aliphatic rings. The van der Waals surface area contributed by atoms with Gasteiger partial charge in [0.15, 0.2) is 5.78 Å². The van der Waals surface area contributed by atoms with Gasteiger partial charge < -0.3 is 0 Å². The number of ketones is 1. The number of rotatable bonds is 7. The van der Waals surface area contributed by atoms with Crippen molar-refractivity contribution in [1.82, 2.24) is 0 Å². The lowest BCUT2D eigenvalue weighted by Gasteiger charge is -2.05. The maximum atomic E-state index is 11.9. The van der Waals surface area contributed by atoms with E-state index < -0.39 is 0 Å². The Bertz CT molecular complexity index is 351. The molecule has 1 aromatic rings. The molecule has 0 heterocycles. The molecule has 92 valence electrons. The van der Waals surface area contributed by atoms with Gasteiger partial charge in [-0.05, 0) is 12.3 Å². The summed E-state index contributed by atoms with van der Waals surface area (Å²) in [5.74, 6) is 0.567. The number of unbranched alkanes of at least 4 members (excludes halogenated alkanes) is 2. The second-order valence-electron chi connectivity index (χ2n) is 4.54. The number of Topliss-reactive ketones (excluding diaryl/α,β-unsaturated/α-hetero) is 1. The molecule has 0 N–H and O–H groups in total. The Morgan fingerprint density at radius 3 is 2.65 bits per heavy atom. The normalized spacial score (nSPS) is 12.8. The van der Waals surface area contributed by atoms with E-state index in [-0.39, 0.29) is 5.78 Å².